The molecule has 2 rings (SSSR count). The van der Waals surface area contributed by atoms with E-state index in [4.69, 9.17) is 16.5 Å². The number of ether oxygens (including phenoxy) is 2. The van der Waals surface area contributed by atoms with Crippen LogP contribution in [0.4, 0.5) is 10.1 Å². The summed E-state index contributed by atoms with van der Waals surface area (Å²) in [5.74, 6) is -2.07. The van der Waals surface area contributed by atoms with Crippen molar-refractivity contribution in [3.05, 3.63) is 41.7 Å². The molecule has 0 amide bonds. The standard InChI is InChI=1S/C16H17ClFNO6S/c1-11(20)24-10-25-16(21)14-4-2-3-5-15(14)26(22,23)19(17)13-8-6-12(18)7-9-13/h4,6-9,15H,2-3,5,10H2,1H3. The lowest BCUT2D eigenvalue weighted by Crippen LogP contribution is -2.38. The molecule has 26 heavy (non-hydrogen) atoms. The van der Waals surface area contributed by atoms with E-state index in [-0.39, 0.29) is 17.7 Å². The molecule has 142 valence electrons. The summed E-state index contributed by atoms with van der Waals surface area (Å²) in [6.07, 6.45) is 2.68. The molecule has 0 bridgehead atoms. The minimum absolute atomic E-state index is 0.0475. The van der Waals surface area contributed by atoms with E-state index in [1.807, 2.05) is 0 Å². The molecule has 0 saturated carbocycles. The number of nitrogens with zero attached hydrogens (tertiary/aromatic N) is 1. The van der Waals surface area contributed by atoms with Gasteiger partial charge in [-0.3, -0.25) is 4.79 Å². The Morgan fingerprint density at radius 1 is 1.27 bits per heavy atom. The molecule has 0 aliphatic heterocycles. The number of benzene rings is 1. The van der Waals surface area contributed by atoms with E-state index in [2.05, 4.69) is 4.74 Å². The second kappa shape index (κ2) is 8.50. The van der Waals surface area contributed by atoms with Crippen molar-refractivity contribution in [2.75, 3.05) is 10.6 Å². The number of halogens is 2. The molecule has 0 fully saturated rings. The number of carbonyl (C=O) groups is 2. The van der Waals surface area contributed by atoms with Crippen LogP contribution in [-0.2, 0) is 29.1 Å². The fourth-order valence-corrected chi connectivity index (χ4v) is 4.46. The SMILES string of the molecule is CC(=O)OCOC(=O)C1=CCCCC1S(=O)(=O)N(Cl)c1ccc(F)cc1. The molecule has 1 aliphatic carbocycles. The van der Waals surface area contributed by atoms with Gasteiger partial charge in [0.1, 0.15) is 11.1 Å². The number of carbonyl (C=O) groups excluding carboxylic acids is 2. The molecular weight excluding hydrogens is 389 g/mol. The van der Waals surface area contributed by atoms with Gasteiger partial charge in [0.05, 0.1) is 11.3 Å². The zero-order valence-corrected chi connectivity index (χ0v) is 15.4. The molecule has 0 heterocycles. The fraction of sp³-hybridized carbons (Fsp3) is 0.375. The Morgan fingerprint density at radius 2 is 1.92 bits per heavy atom. The van der Waals surface area contributed by atoms with Crippen LogP contribution >= 0.6 is 11.8 Å². The zero-order chi connectivity index (χ0) is 19.3. The summed E-state index contributed by atoms with van der Waals surface area (Å²) in [7, 11) is -4.16. The summed E-state index contributed by atoms with van der Waals surface area (Å²) in [6, 6.07) is 4.58. The van der Waals surface area contributed by atoms with Crippen LogP contribution in [0.3, 0.4) is 0 Å². The van der Waals surface area contributed by atoms with Crippen LogP contribution in [0.25, 0.3) is 0 Å². The van der Waals surface area contributed by atoms with Gasteiger partial charge in [0.25, 0.3) is 10.0 Å². The third kappa shape index (κ3) is 4.73. The summed E-state index contributed by atoms with van der Waals surface area (Å²) in [5, 5.41) is -1.22. The molecule has 0 aromatic heterocycles. The van der Waals surface area contributed by atoms with Crippen LogP contribution < -0.4 is 3.82 Å². The number of allylic oxidation sites excluding steroid dienone is 1. The van der Waals surface area contributed by atoms with Crippen molar-refractivity contribution in [3.8, 4) is 0 Å². The minimum atomic E-state index is -4.16. The van der Waals surface area contributed by atoms with Crippen LogP contribution in [0.5, 0.6) is 0 Å². The molecule has 0 radical (unpaired) electrons. The number of hydrogen-bond acceptors (Lipinski definition) is 6. The maximum absolute atomic E-state index is 13.0. The van der Waals surface area contributed by atoms with Gasteiger partial charge in [-0.15, -0.1) is 0 Å². The molecule has 1 atom stereocenters. The zero-order valence-electron chi connectivity index (χ0n) is 13.9. The van der Waals surface area contributed by atoms with Gasteiger partial charge in [0.2, 0.25) is 6.79 Å². The van der Waals surface area contributed by atoms with Gasteiger partial charge in [-0.25, -0.2) is 17.6 Å². The third-order valence-electron chi connectivity index (χ3n) is 3.68. The molecule has 1 aromatic carbocycles. The van der Waals surface area contributed by atoms with Crippen LogP contribution in [0.1, 0.15) is 26.2 Å². The van der Waals surface area contributed by atoms with Gasteiger partial charge in [0, 0.05) is 18.7 Å². The lowest BCUT2D eigenvalue weighted by Gasteiger charge is -2.27. The van der Waals surface area contributed by atoms with Crippen molar-refractivity contribution in [1.29, 1.82) is 0 Å². The van der Waals surface area contributed by atoms with Gasteiger partial charge in [0.15, 0.2) is 0 Å². The predicted molar refractivity (Wildman–Crippen MR) is 92.1 cm³/mol. The minimum Gasteiger partial charge on any atom is -0.428 e. The van der Waals surface area contributed by atoms with E-state index < -0.39 is 39.8 Å². The fourth-order valence-electron chi connectivity index (χ4n) is 2.44. The predicted octanol–water partition coefficient (Wildman–Crippen LogP) is 2.66. The molecule has 0 N–H and O–H groups in total. The second-order valence-electron chi connectivity index (χ2n) is 5.50. The number of sulfonamides is 1. The van der Waals surface area contributed by atoms with E-state index in [1.54, 1.807) is 0 Å². The summed E-state index contributed by atoms with van der Waals surface area (Å²) in [5.41, 5.74) is -0.0255. The smallest absolute Gasteiger partial charge is 0.337 e. The first-order valence-electron chi connectivity index (χ1n) is 7.69. The topological polar surface area (TPSA) is 90.0 Å². The third-order valence-corrected chi connectivity index (χ3v) is 6.32. The van der Waals surface area contributed by atoms with Gasteiger partial charge in [-0.1, -0.05) is 6.08 Å². The Kier molecular flexibility index (Phi) is 6.60. The summed E-state index contributed by atoms with van der Waals surface area (Å²) in [4.78, 5) is 22.9. The highest BCUT2D eigenvalue weighted by Crippen LogP contribution is 2.32. The largest absolute Gasteiger partial charge is 0.428 e. The lowest BCUT2D eigenvalue weighted by atomic mass is 9.99. The first-order valence-corrected chi connectivity index (χ1v) is 9.53. The van der Waals surface area contributed by atoms with Crippen molar-refractivity contribution >= 4 is 39.4 Å². The molecule has 0 spiro atoms. The normalized spacial score (nSPS) is 17.2. The van der Waals surface area contributed by atoms with Crippen molar-refractivity contribution < 1.29 is 31.9 Å². The molecule has 1 unspecified atom stereocenters. The van der Waals surface area contributed by atoms with Crippen LogP contribution in [-0.4, -0.2) is 32.4 Å². The van der Waals surface area contributed by atoms with Crippen molar-refractivity contribution in [3.63, 3.8) is 0 Å². The van der Waals surface area contributed by atoms with Gasteiger partial charge in [-0.05, 0) is 43.5 Å². The summed E-state index contributed by atoms with van der Waals surface area (Å²) >= 11 is 5.97. The second-order valence-corrected chi connectivity index (χ2v) is 8.00. The Hall–Kier alpha value is -2.13. The number of anilines is 1. The van der Waals surface area contributed by atoms with Gasteiger partial charge < -0.3 is 9.47 Å². The lowest BCUT2D eigenvalue weighted by molar-refractivity contribution is -0.163. The molecule has 10 heteroatoms. The van der Waals surface area contributed by atoms with Crippen LogP contribution in [0.2, 0.25) is 0 Å². The highest BCUT2D eigenvalue weighted by atomic mass is 35.5. The maximum Gasteiger partial charge on any atom is 0.337 e. The van der Waals surface area contributed by atoms with E-state index in [0.29, 0.717) is 16.7 Å². The van der Waals surface area contributed by atoms with E-state index in [0.717, 1.165) is 19.1 Å². The monoisotopic (exact) mass is 405 g/mol. The molecular formula is C16H17ClFNO6S. The Morgan fingerprint density at radius 3 is 2.54 bits per heavy atom. The average molecular weight is 406 g/mol. The Balaban J connectivity index is 2.21. The number of hydrogen-bond donors (Lipinski definition) is 0. The number of esters is 2. The number of rotatable bonds is 6. The Labute approximate surface area is 155 Å². The van der Waals surface area contributed by atoms with Gasteiger partial charge >= 0.3 is 11.9 Å². The van der Waals surface area contributed by atoms with E-state index >= 15 is 0 Å². The summed E-state index contributed by atoms with van der Waals surface area (Å²) < 4.78 is 48.5. The quantitative estimate of drug-likeness (QED) is 0.410. The van der Waals surface area contributed by atoms with Crippen molar-refractivity contribution in [1.82, 2.24) is 0 Å². The van der Waals surface area contributed by atoms with Crippen LogP contribution in [0.15, 0.2) is 35.9 Å². The molecule has 7 nitrogen and oxygen atoms in total. The summed E-state index contributed by atoms with van der Waals surface area (Å²) in [6.45, 7) is 0.538. The Bertz CT molecular complexity index is 809. The van der Waals surface area contributed by atoms with E-state index in [1.165, 1.54) is 18.2 Å². The molecule has 0 saturated heterocycles. The highest BCUT2D eigenvalue weighted by Gasteiger charge is 2.39. The van der Waals surface area contributed by atoms with Gasteiger partial charge in [-0.2, -0.15) is 3.82 Å². The average Bonchev–Trinajstić information content (AvgIpc) is 2.61. The first-order chi connectivity index (χ1) is 12.2. The van der Waals surface area contributed by atoms with Crippen LogP contribution in [0, 0.1) is 5.82 Å². The maximum atomic E-state index is 13.0. The molecule has 1 aliphatic rings. The molecule has 1 aromatic rings. The van der Waals surface area contributed by atoms with Crippen molar-refractivity contribution in [2.45, 2.75) is 31.4 Å². The first kappa shape index (κ1) is 20.2. The van der Waals surface area contributed by atoms with Crippen molar-refractivity contribution in [2.24, 2.45) is 0 Å². The highest BCUT2D eigenvalue weighted by molar-refractivity contribution is 7.94. The van der Waals surface area contributed by atoms with E-state index in [9.17, 15) is 22.4 Å².